The first-order valence-corrected chi connectivity index (χ1v) is 10.8. The molecule has 4 amide bonds. The molecule has 1 N–H and O–H groups in total. The van der Waals surface area contributed by atoms with Gasteiger partial charge < -0.3 is 14.2 Å². The molecule has 2 aliphatic heterocycles. The molecular formula is C23H30N4O4. The van der Waals surface area contributed by atoms with Crippen molar-refractivity contribution in [3.05, 3.63) is 30.0 Å². The monoisotopic (exact) mass is 426 g/mol. The van der Waals surface area contributed by atoms with Crippen LogP contribution in [0.25, 0.3) is 10.9 Å². The van der Waals surface area contributed by atoms with Crippen LogP contribution in [0.5, 0.6) is 0 Å². The van der Waals surface area contributed by atoms with Crippen molar-refractivity contribution in [3.8, 4) is 0 Å². The zero-order chi connectivity index (χ0) is 22.3. The Morgan fingerprint density at radius 1 is 1.10 bits per heavy atom. The lowest BCUT2D eigenvalue weighted by atomic mass is 9.93. The van der Waals surface area contributed by atoms with E-state index < -0.39 is 5.60 Å². The van der Waals surface area contributed by atoms with Gasteiger partial charge in [0.05, 0.1) is 5.52 Å². The number of ether oxygens (including phenoxy) is 1. The number of imide groups is 1. The van der Waals surface area contributed by atoms with Crippen LogP contribution >= 0.6 is 0 Å². The fourth-order valence-corrected chi connectivity index (χ4v) is 4.39. The molecule has 1 aromatic carbocycles. The number of carbonyl (C=O) groups excluding carboxylic acids is 3. The van der Waals surface area contributed by atoms with Gasteiger partial charge in [0, 0.05) is 55.8 Å². The molecule has 0 atom stereocenters. The quantitative estimate of drug-likeness (QED) is 0.793. The molecule has 2 saturated heterocycles. The number of amides is 4. The molecule has 0 saturated carbocycles. The van der Waals surface area contributed by atoms with Crippen LogP contribution in [-0.2, 0) is 16.6 Å². The van der Waals surface area contributed by atoms with Gasteiger partial charge in [-0.3, -0.25) is 15.0 Å². The average molecular weight is 427 g/mol. The molecule has 0 aliphatic carbocycles. The molecule has 31 heavy (non-hydrogen) atoms. The minimum absolute atomic E-state index is 0.235. The summed E-state index contributed by atoms with van der Waals surface area (Å²) in [4.78, 5) is 39.4. The number of rotatable bonds is 2. The second-order valence-electron chi connectivity index (χ2n) is 9.37. The van der Waals surface area contributed by atoms with Gasteiger partial charge >= 0.3 is 12.1 Å². The summed E-state index contributed by atoms with van der Waals surface area (Å²) in [6.07, 6.45) is 1.82. The Labute approximate surface area is 182 Å². The summed E-state index contributed by atoms with van der Waals surface area (Å²) in [6, 6.07) is 7.77. The summed E-state index contributed by atoms with van der Waals surface area (Å²) >= 11 is 0. The number of benzene rings is 1. The number of likely N-dealkylation sites (tertiary alicyclic amines) is 1. The molecule has 4 rings (SSSR count). The number of hydrogen-bond acceptors (Lipinski definition) is 4. The number of hydrogen-bond donors (Lipinski definition) is 1. The van der Waals surface area contributed by atoms with Gasteiger partial charge in [0.1, 0.15) is 5.60 Å². The average Bonchev–Trinajstić information content (AvgIpc) is 3.03. The molecule has 1 aromatic heterocycles. The number of aromatic nitrogens is 1. The summed E-state index contributed by atoms with van der Waals surface area (Å²) in [5.74, 6) is 0.122. The highest BCUT2D eigenvalue weighted by atomic mass is 16.6. The van der Waals surface area contributed by atoms with E-state index in [1.165, 1.54) is 5.69 Å². The summed E-state index contributed by atoms with van der Waals surface area (Å²) in [7, 11) is 2.04. The summed E-state index contributed by atoms with van der Waals surface area (Å²) in [5.41, 5.74) is 2.58. The Bertz CT molecular complexity index is 1030. The van der Waals surface area contributed by atoms with Gasteiger partial charge in [0.2, 0.25) is 5.91 Å². The standard InChI is InChI=1S/C23H30N4O4/c1-23(2,3)31-22(30)26-10-7-15(8-11-26)18-13-16-5-6-17(14-19(16)25(18)4)27-12-9-20(28)24-21(27)29/h5-6,13-15H,7-12H2,1-4H3,(H,24,28,29). The first kappa shape index (κ1) is 21.2. The van der Waals surface area contributed by atoms with Crippen molar-refractivity contribution >= 4 is 34.6 Å². The van der Waals surface area contributed by atoms with Gasteiger partial charge in [-0.1, -0.05) is 6.07 Å². The molecular weight excluding hydrogens is 396 g/mol. The predicted octanol–water partition coefficient (Wildman–Crippen LogP) is 3.74. The maximum absolute atomic E-state index is 12.3. The third-order valence-electron chi connectivity index (χ3n) is 6.00. The number of nitrogens with one attached hydrogen (secondary N) is 1. The molecule has 3 heterocycles. The number of piperidine rings is 1. The normalized spacial score (nSPS) is 18.5. The van der Waals surface area contributed by atoms with Crippen LogP contribution in [0, 0.1) is 0 Å². The van der Waals surface area contributed by atoms with Gasteiger partial charge in [-0.25, -0.2) is 9.59 Å². The molecule has 8 nitrogen and oxygen atoms in total. The van der Waals surface area contributed by atoms with E-state index in [1.54, 1.807) is 9.80 Å². The van der Waals surface area contributed by atoms with Crippen molar-refractivity contribution in [2.75, 3.05) is 24.5 Å². The van der Waals surface area contributed by atoms with E-state index in [9.17, 15) is 14.4 Å². The van der Waals surface area contributed by atoms with Crippen molar-refractivity contribution in [2.24, 2.45) is 7.05 Å². The van der Waals surface area contributed by atoms with E-state index in [4.69, 9.17) is 4.74 Å². The second-order valence-corrected chi connectivity index (χ2v) is 9.37. The number of urea groups is 1. The number of aryl methyl sites for hydroxylation is 1. The topological polar surface area (TPSA) is 83.9 Å². The van der Waals surface area contributed by atoms with Crippen LogP contribution < -0.4 is 10.2 Å². The first-order chi connectivity index (χ1) is 14.6. The zero-order valence-corrected chi connectivity index (χ0v) is 18.6. The Morgan fingerprint density at radius 2 is 1.81 bits per heavy atom. The number of carbonyl (C=O) groups is 3. The van der Waals surface area contributed by atoms with Crippen LogP contribution in [0.4, 0.5) is 15.3 Å². The molecule has 0 unspecified atom stereocenters. The first-order valence-electron chi connectivity index (χ1n) is 10.8. The lowest BCUT2D eigenvalue weighted by molar-refractivity contribution is -0.120. The van der Waals surface area contributed by atoms with Crippen LogP contribution in [0.2, 0.25) is 0 Å². The fourth-order valence-electron chi connectivity index (χ4n) is 4.39. The fraction of sp³-hybridized carbons (Fsp3) is 0.522. The van der Waals surface area contributed by atoms with E-state index in [0.717, 1.165) is 29.4 Å². The summed E-state index contributed by atoms with van der Waals surface area (Å²) in [6.45, 7) is 7.38. The van der Waals surface area contributed by atoms with Crippen LogP contribution in [0.15, 0.2) is 24.3 Å². The van der Waals surface area contributed by atoms with Gasteiger partial charge in [-0.15, -0.1) is 0 Å². The number of anilines is 1. The predicted molar refractivity (Wildman–Crippen MR) is 118 cm³/mol. The van der Waals surface area contributed by atoms with E-state index in [2.05, 4.69) is 16.0 Å². The van der Waals surface area contributed by atoms with Gasteiger partial charge in [-0.2, -0.15) is 0 Å². The third-order valence-corrected chi connectivity index (χ3v) is 6.00. The van der Waals surface area contributed by atoms with Gasteiger partial charge in [0.25, 0.3) is 0 Å². The number of nitrogens with zero attached hydrogens (tertiary/aromatic N) is 3. The maximum atomic E-state index is 12.3. The van der Waals surface area contributed by atoms with E-state index >= 15 is 0 Å². The second kappa shape index (κ2) is 7.90. The Morgan fingerprint density at radius 3 is 2.45 bits per heavy atom. The highest BCUT2D eigenvalue weighted by Crippen LogP contribution is 2.34. The largest absolute Gasteiger partial charge is 0.444 e. The van der Waals surface area contributed by atoms with Crippen molar-refractivity contribution < 1.29 is 19.1 Å². The van der Waals surface area contributed by atoms with Gasteiger partial charge in [-0.05, 0) is 51.8 Å². The van der Waals surface area contributed by atoms with E-state index in [-0.39, 0.29) is 18.0 Å². The Kier molecular flexibility index (Phi) is 5.41. The van der Waals surface area contributed by atoms with E-state index in [1.807, 2.05) is 46.0 Å². The molecule has 166 valence electrons. The van der Waals surface area contributed by atoms with Crippen LogP contribution in [0.3, 0.4) is 0 Å². The Hall–Kier alpha value is -3.03. The highest BCUT2D eigenvalue weighted by molar-refractivity contribution is 6.06. The smallest absolute Gasteiger partial charge is 0.410 e. The lowest BCUT2D eigenvalue weighted by Crippen LogP contribution is -2.49. The minimum atomic E-state index is -0.486. The van der Waals surface area contributed by atoms with Crippen molar-refractivity contribution in [1.29, 1.82) is 0 Å². The third kappa shape index (κ3) is 4.38. The Balaban J connectivity index is 1.49. The minimum Gasteiger partial charge on any atom is -0.444 e. The number of fused-ring (bicyclic) bond motifs is 1. The maximum Gasteiger partial charge on any atom is 0.410 e. The summed E-state index contributed by atoms with van der Waals surface area (Å²) in [5, 5.41) is 3.49. The van der Waals surface area contributed by atoms with E-state index in [0.29, 0.717) is 32.0 Å². The van der Waals surface area contributed by atoms with Crippen molar-refractivity contribution in [3.63, 3.8) is 0 Å². The molecule has 0 radical (unpaired) electrons. The molecule has 0 spiro atoms. The molecule has 2 aliphatic rings. The molecule has 8 heteroatoms. The molecule has 0 bridgehead atoms. The molecule has 2 aromatic rings. The summed E-state index contributed by atoms with van der Waals surface area (Å²) < 4.78 is 7.68. The van der Waals surface area contributed by atoms with Crippen LogP contribution in [0.1, 0.15) is 51.6 Å². The van der Waals surface area contributed by atoms with Crippen molar-refractivity contribution in [1.82, 2.24) is 14.8 Å². The lowest BCUT2D eigenvalue weighted by Gasteiger charge is -2.33. The zero-order valence-electron chi connectivity index (χ0n) is 18.6. The van der Waals surface area contributed by atoms with Crippen LogP contribution in [-0.4, -0.2) is 52.7 Å². The molecule has 2 fully saturated rings. The van der Waals surface area contributed by atoms with Crippen molar-refractivity contribution in [2.45, 2.75) is 51.6 Å². The highest BCUT2D eigenvalue weighted by Gasteiger charge is 2.29. The SMILES string of the molecule is Cn1c(C2CCN(C(=O)OC(C)(C)C)CC2)cc2ccc(N3CCC(=O)NC3=O)cc21. The van der Waals surface area contributed by atoms with Gasteiger partial charge in [0.15, 0.2) is 0 Å².